The summed E-state index contributed by atoms with van der Waals surface area (Å²) in [5.74, 6) is 1.80. The lowest BCUT2D eigenvalue weighted by Gasteiger charge is -2.34. The van der Waals surface area contributed by atoms with Gasteiger partial charge in [0.2, 0.25) is 5.89 Å². The van der Waals surface area contributed by atoms with E-state index in [9.17, 15) is 0 Å². The molecule has 0 saturated carbocycles. The second-order valence-electron chi connectivity index (χ2n) is 5.15. The molecule has 2 unspecified atom stereocenters. The van der Waals surface area contributed by atoms with Crippen molar-refractivity contribution >= 4 is 0 Å². The fourth-order valence-electron chi connectivity index (χ4n) is 2.17. The van der Waals surface area contributed by atoms with Crippen LogP contribution in [0.5, 0.6) is 0 Å². The lowest BCUT2D eigenvalue weighted by molar-refractivity contribution is -0.0725. The van der Waals surface area contributed by atoms with Crippen molar-refractivity contribution in [2.75, 3.05) is 13.1 Å². The minimum atomic E-state index is 0.270. The summed E-state index contributed by atoms with van der Waals surface area (Å²) < 4.78 is 10.9. The SMILES string of the molecule is CC1CN(Cc2nc(C(C)C)no2)CC(C)O1. The molecule has 1 aromatic heterocycles. The minimum Gasteiger partial charge on any atom is -0.373 e. The van der Waals surface area contributed by atoms with Gasteiger partial charge in [-0.05, 0) is 13.8 Å². The molecule has 5 heteroatoms. The van der Waals surface area contributed by atoms with Crippen LogP contribution in [0.25, 0.3) is 0 Å². The highest BCUT2D eigenvalue weighted by atomic mass is 16.5. The third-order valence-electron chi connectivity index (χ3n) is 2.85. The summed E-state index contributed by atoms with van der Waals surface area (Å²) in [7, 11) is 0. The smallest absolute Gasteiger partial charge is 0.240 e. The number of hydrogen-bond donors (Lipinski definition) is 0. The largest absolute Gasteiger partial charge is 0.373 e. The standard InChI is InChI=1S/C12H21N3O2/c1-8(2)12-13-11(17-14-12)7-15-5-9(3)16-10(4)6-15/h8-10H,5-7H2,1-4H3. The molecule has 2 rings (SSSR count). The van der Waals surface area contributed by atoms with Crippen LogP contribution in [0.15, 0.2) is 4.52 Å². The molecule has 1 aliphatic heterocycles. The van der Waals surface area contributed by atoms with Crippen LogP contribution in [0.1, 0.15) is 45.3 Å². The van der Waals surface area contributed by atoms with Crippen molar-refractivity contribution < 1.29 is 9.26 Å². The summed E-state index contributed by atoms with van der Waals surface area (Å²) >= 11 is 0. The van der Waals surface area contributed by atoms with Gasteiger partial charge >= 0.3 is 0 Å². The Hall–Kier alpha value is -0.940. The van der Waals surface area contributed by atoms with E-state index in [0.29, 0.717) is 11.8 Å². The summed E-state index contributed by atoms with van der Waals surface area (Å²) in [6, 6.07) is 0. The number of nitrogens with zero attached hydrogens (tertiary/aromatic N) is 3. The molecule has 0 radical (unpaired) electrons. The maximum absolute atomic E-state index is 5.69. The zero-order valence-electron chi connectivity index (χ0n) is 11.0. The van der Waals surface area contributed by atoms with Gasteiger partial charge in [0.25, 0.3) is 0 Å². The topological polar surface area (TPSA) is 51.4 Å². The molecule has 0 aliphatic carbocycles. The summed E-state index contributed by atoms with van der Waals surface area (Å²) in [5.41, 5.74) is 0. The Kier molecular flexibility index (Phi) is 3.79. The van der Waals surface area contributed by atoms with Crippen molar-refractivity contribution in [2.45, 2.75) is 52.4 Å². The van der Waals surface area contributed by atoms with Gasteiger partial charge in [-0.3, -0.25) is 4.90 Å². The van der Waals surface area contributed by atoms with Crippen LogP contribution < -0.4 is 0 Å². The summed E-state index contributed by atoms with van der Waals surface area (Å²) in [4.78, 5) is 6.70. The Morgan fingerprint density at radius 1 is 1.29 bits per heavy atom. The lowest BCUT2D eigenvalue weighted by atomic mass is 10.2. The predicted molar refractivity (Wildman–Crippen MR) is 63.7 cm³/mol. The number of ether oxygens (including phenoxy) is 1. The van der Waals surface area contributed by atoms with Gasteiger partial charge in [0.05, 0.1) is 18.8 Å². The predicted octanol–water partition coefficient (Wildman–Crippen LogP) is 1.80. The summed E-state index contributed by atoms with van der Waals surface area (Å²) in [6.45, 7) is 10.9. The van der Waals surface area contributed by atoms with Crippen LogP contribution in [-0.2, 0) is 11.3 Å². The second-order valence-corrected chi connectivity index (χ2v) is 5.15. The van der Waals surface area contributed by atoms with Crippen molar-refractivity contribution in [3.05, 3.63) is 11.7 Å². The molecule has 0 aromatic carbocycles. The lowest BCUT2D eigenvalue weighted by Crippen LogP contribution is -2.44. The van der Waals surface area contributed by atoms with Crippen molar-refractivity contribution in [3.63, 3.8) is 0 Å². The fraction of sp³-hybridized carbons (Fsp3) is 0.833. The Labute approximate surface area is 102 Å². The molecule has 96 valence electrons. The van der Waals surface area contributed by atoms with E-state index in [4.69, 9.17) is 9.26 Å². The fourth-order valence-corrected chi connectivity index (χ4v) is 2.17. The van der Waals surface area contributed by atoms with Gasteiger partial charge in [0.1, 0.15) is 0 Å². The molecular formula is C12H21N3O2. The normalized spacial score (nSPS) is 26.6. The molecule has 0 amide bonds. The first-order valence-corrected chi connectivity index (χ1v) is 6.25. The molecule has 1 fully saturated rings. The van der Waals surface area contributed by atoms with Crippen molar-refractivity contribution in [1.82, 2.24) is 15.0 Å². The van der Waals surface area contributed by atoms with E-state index in [-0.39, 0.29) is 12.2 Å². The van der Waals surface area contributed by atoms with Gasteiger partial charge in [-0.25, -0.2) is 0 Å². The molecule has 2 atom stereocenters. The molecule has 0 spiro atoms. The van der Waals surface area contributed by atoms with Crippen LogP contribution in [0.2, 0.25) is 0 Å². The van der Waals surface area contributed by atoms with E-state index in [1.54, 1.807) is 0 Å². The monoisotopic (exact) mass is 239 g/mol. The van der Waals surface area contributed by atoms with Gasteiger partial charge in [-0.15, -0.1) is 0 Å². The Morgan fingerprint density at radius 3 is 2.47 bits per heavy atom. The zero-order chi connectivity index (χ0) is 12.4. The maximum Gasteiger partial charge on any atom is 0.240 e. The van der Waals surface area contributed by atoms with Gasteiger partial charge in [-0.1, -0.05) is 19.0 Å². The first-order valence-electron chi connectivity index (χ1n) is 6.25. The van der Waals surface area contributed by atoms with E-state index in [1.807, 2.05) is 0 Å². The van der Waals surface area contributed by atoms with E-state index >= 15 is 0 Å². The average molecular weight is 239 g/mol. The van der Waals surface area contributed by atoms with Crippen LogP contribution in [-0.4, -0.2) is 40.3 Å². The second kappa shape index (κ2) is 5.14. The molecule has 0 N–H and O–H groups in total. The molecule has 0 bridgehead atoms. The molecule has 1 aliphatic rings. The molecule has 17 heavy (non-hydrogen) atoms. The Bertz CT molecular complexity index is 354. The Morgan fingerprint density at radius 2 is 1.94 bits per heavy atom. The van der Waals surface area contributed by atoms with Gasteiger partial charge < -0.3 is 9.26 Å². The number of morpholine rings is 1. The van der Waals surface area contributed by atoms with E-state index in [2.05, 4.69) is 42.7 Å². The van der Waals surface area contributed by atoms with Crippen LogP contribution >= 0.6 is 0 Å². The molecule has 5 nitrogen and oxygen atoms in total. The molecule has 2 heterocycles. The Balaban J connectivity index is 1.95. The van der Waals surface area contributed by atoms with Gasteiger partial charge in [0, 0.05) is 19.0 Å². The quantitative estimate of drug-likeness (QED) is 0.805. The van der Waals surface area contributed by atoms with Crippen LogP contribution in [0, 0.1) is 0 Å². The van der Waals surface area contributed by atoms with Crippen molar-refractivity contribution in [1.29, 1.82) is 0 Å². The highest BCUT2D eigenvalue weighted by molar-refractivity contribution is 4.92. The number of hydrogen-bond acceptors (Lipinski definition) is 5. The average Bonchev–Trinajstić information content (AvgIpc) is 2.64. The van der Waals surface area contributed by atoms with Crippen LogP contribution in [0.4, 0.5) is 0 Å². The number of rotatable bonds is 3. The highest BCUT2D eigenvalue weighted by Gasteiger charge is 2.23. The highest BCUT2D eigenvalue weighted by Crippen LogP contribution is 2.15. The minimum absolute atomic E-state index is 0.270. The van der Waals surface area contributed by atoms with Crippen molar-refractivity contribution in [3.8, 4) is 0 Å². The van der Waals surface area contributed by atoms with Gasteiger partial charge in [-0.2, -0.15) is 4.98 Å². The zero-order valence-corrected chi connectivity index (χ0v) is 11.0. The number of aromatic nitrogens is 2. The van der Waals surface area contributed by atoms with Crippen LogP contribution in [0.3, 0.4) is 0 Å². The molecular weight excluding hydrogens is 218 g/mol. The summed E-state index contributed by atoms with van der Waals surface area (Å²) in [5, 5.41) is 3.98. The van der Waals surface area contributed by atoms with Gasteiger partial charge in [0.15, 0.2) is 5.82 Å². The van der Waals surface area contributed by atoms with E-state index in [0.717, 1.165) is 25.5 Å². The van der Waals surface area contributed by atoms with Crippen molar-refractivity contribution in [2.24, 2.45) is 0 Å². The molecule has 1 saturated heterocycles. The van der Waals surface area contributed by atoms with E-state index < -0.39 is 0 Å². The maximum atomic E-state index is 5.69. The third kappa shape index (κ3) is 3.26. The molecule has 1 aromatic rings. The summed E-state index contributed by atoms with van der Waals surface area (Å²) in [6.07, 6.45) is 0.539. The third-order valence-corrected chi connectivity index (χ3v) is 2.85. The first kappa shape index (κ1) is 12.5. The first-order chi connectivity index (χ1) is 8.04. The van der Waals surface area contributed by atoms with E-state index in [1.165, 1.54) is 0 Å².